The predicted octanol–water partition coefficient (Wildman–Crippen LogP) is 4.05. The Morgan fingerprint density at radius 2 is 1.93 bits per heavy atom. The number of carbonyl (C=O) groups excluding carboxylic acids is 1. The number of anilines is 1. The summed E-state index contributed by atoms with van der Waals surface area (Å²) in [6, 6.07) is 13.4. The molecule has 0 bridgehead atoms. The lowest BCUT2D eigenvalue weighted by molar-refractivity contribution is -0.115. The van der Waals surface area contributed by atoms with Gasteiger partial charge in [-0.15, -0.1) is 5.10 Å². The number of nitrogens with zero attached hydrogens (tertiary/aromatic N) is 3. The van der Waals surface area contributed by atoms with E-state index in [1.54, 1.807) is 4.68 Å². The lowest BCUT2D eigenvalue weighted by Gasteiger charge is -2.08. The molecule has 1 N–H and O–H groups in total. The molecule has 0 atom stereocenters. The maximum Gasteiger partial charge on any atom is 0.336 e. The van der Waals surface area contributed by atoms with E-state index in [0.29, 0.717) is 42.3 Å². The van der Waals surface area contributed by atoms with E-state index in [-0.39, 0.29) is 12.7 Å². The third kappa shape index (κ3) is 4.22. The summed E-state index contributed by atoms with van der Waals surface area (Å²) in [6.45, 7) is 6.68. The number of aromatic nitrogens is 3. The first-order chi connectivity index (χ1) is 14.5. The average molecular weight is 408 g/mol. The van der Waals surface area contributed by atoms with Gasteiger partial charge in [-0.2, -0.15) is 4.98 Å². The Balaban J connectivity index is 1.69. The minimum absolute atomic E-state index is 0.0334. The quantitative estimate of drug-likeness (QED) is 0.635. The van der Waals surface area contributed by atoms with E-state index in [1.165, 1.54) is 0 Å². The number of ether oxygens (including phenoxy) is 3. The summed E-state index contributed by atoms with van der Waals surface area (Å²) in [5.74, 6) is 2.32. The van der Waals surface area contributed by atoms with Gasteiger partial charge in [-0.3, -0.25) is 4.79 Å². The van der Waals surface area contributed by atoms with Crippen LogP contribution in [0.1, 0.15) is 27.2 Å². The van der Waals surface area contributed by atoms with Crippen LogP contribution >= 0.6 is 0 Å². The normalized spacial score (nSPS) is 12.3. The Morgan fingerprint density at radius 3 is 2.67 bits per heavy atom. The third-order valence-electron chi connectivity index (χ3n) is 4.48. The number of amides is 1. The number of rotatable bonds is 7. The monoisotopic (exact) mass is 408 g/mol. The highest BCUT2D eigenvalue weighted by Gasteiger charge is 2.19. The molecule has 0 saturated heterocycles. The van der Waals surface area contributed by atoms with Crippen LogP contribution in [0.5, 0.6) is 17.5 Å². The van der Waals surface area contributed by atoms with E-state index < -0.39 is 0 Å². The lowest BCUT2D eigenvalue weighted by atomic mass is 10.2. The predicted molar refractivity (Wildman–Crippen MR) is 112 cm³/mol. The molecule has 1 amide bonds. The van der Waals surface area contributed by atoms with Crippen LogP contribution in [0.4, 0.5) is 5.69 Å². The van der Waals surface area contributed by atoms with Crippen LogP contribution in [-0.2, 0) is 4.79 Å². The van der Waals surface area contributed by atoms with Gasteiger partial charge in [0.25, 0.3) is 0 Å². The van der Waals surface area contributed by atoms with Crippen molar-refractivity contribution >= 4 is 11.6 Å². The largest absolute Gasteiger partial charge is 0.462 e. The first kappa shape index (κ1) is 19.8. The molecule has 0 radical (unpaired) electrons. The summed E-state index contributed by atoms with van der Waals surface area (Å²) in [5.41, 5.74) is 2.35. The van der Waals surface area contributed by atoms with Crippen molar-refractivity contribution in [3.63, 3.8) is 0 Å². The fourth-order valence-electron chi connectivity index (χ4n) is 2.93. The van der Waals surface area contributed by atoms with Crippen LogP contribution in [0.3, 0.4) is 0 Å². The number of carbonyl (C=O) groups is 1. The smallest absolute Gasteiger partial charge is 0.336 e. The molecule has 1 aliphatic rings. The van der Waals surface area contributed by atoms with E-state index in [4.69, 9.17) is 14.2 Å². The van der Waals surface area contributed by atoms with Crippen LogP contribution < -0.4 is 19.5 Å². The number of benzene rings is 2. The molecule has 3 aromatic rings. The van der Waals surface area contributed by atoms with Crippen molar-refractivity contribution in [3.05, 3.63) is 42.5 Å². The minimum atomic E-state index is -0.0334. The Bertz CT molecular complexity index is 1040. The van der Waals surface area contributed by atoms with Gasteiger partial charge in [0, 0.05) is 17.7 Å². The van der Waals surface area contributed by atoms with Crippen LogP contribution in [0.2, 0.25) is 0 Å². The molecular formula is C22H24N4O4. The molecule has 1 aromatic heterocycles. The second-order valence-electron chi connectivity index (χ2n) is 7.35. The Morgan fingerprint density at radius 1 is 1.17 bits per heavy atom. The van der Waals surface area contributed by atoms with Crippen molar-refractivity contribution in [1.82, 2.24) is 14.8 Å². The molecule has 0 aliphatic carbocycles. The van der Waals surface area contributed by atoms with Gasteiger partial charge >= 0.3 is 6.01 Å². The fraction of sp³-hybridized carbons (Fsp3) is 0.318. The van der Waals surface area contributed by atoms with Gasteiger partial charge in [0.05, 0.1) is 12.3 Å². The van der Waals surface area contributed by atoms with Gasteiger partial charge in [-0.1, -0.05) is 20.8 Å². The van der Waals surface area contributed by atoms with E-state index in [2.05, 4.69) is 29.2 Å². The molecular weight excluding hydrogens is 384 g/mol. The number of fused-ring (bicyclic) bond motifs is 1. The Kier molecular flexibility index (Phi) is 5.56. The maximum absolute atomic E-state index is 11.6. The van der Waals surface area contributed by atoms with Crippen molar-refractivity contribution < 1.29 is 19.0 Å². The molecule has 0 spiro atoms. The minimum Gasteiger partial charge on any atom is -0.462 e. The van der Waals surface area contributed by atoms with Gasteiger partial charge in [0.15, 0.2) is 17.3 Å². The summed E-state index contributed by atoms with van der Waals surface area (Å²) >= 11 is 0. The van der Waals surface area contributed by atoms with Crippen molar-refractivity contribution in [3.8, 4) is 34.6 Å². The SMILES string of the molecule is CCC(=O)Nc1ccc(-n2nc(OCC(C)C)nc2-c2ccc3c(c2)OCO3)cc1. The van der Waals surface area contributed by atoms with Crippen LogP contribution in [-0.4, -0.2) is 34.1 Å². The zero-order valence-electron chi connectivity index (χ0n) is 17.2. The van der Waals surface area contributed by atoms with Gasteiger partial charge in [-0.25, -0.2) is 4.68 Å². The molecule has 30 heavy (non-hydrogen) atoms. The van der Waals surface area contributed by atoms with Crippen molar-refractivity contribution in [1.29, 1.82) is 0 Å². The summed E-state index contributed by atoms with van der Waals surface area (Å²) in [7, 11) is 0. The topological polar surface area (TPSA) is 87.5 Å². The maximum atomic E-state index is 11.6. The molecule has 8 heteroatoms. The average Bonchev–Trinajstić information content (AvgIpc) is 3.39. The van der Waals surface area contributed by atoms with Crippen LogP contribution in [0.25, 0.3) is 17.1 Å². The van der Waals surface area contributed by atoms with Crippen molar-refractivity contribution in [2.75, 3.05) is 18.7 Å². The number of nitrogens with one attached hydrogen (secondary N) is 1. The van der Waals surface area contributed by atoms with E-state index >= 15 is 0 Å². The molecule has 156 valence electrons. The molecule has 0 unspecified atom stereocenters. The van der Waals surface area contributed by atoms with Gasteiger partial charge in [0.2, 0.25) is 12.7 Å². The molecule has 0 fully saturated rings. The van der Waals surface area contributed by atoms with Gasteiger partial charge in [-0.05, 0) is 48.4 Å². The second-order valence-corrected chi connectivity index (χ2v) is 7.35. The fourth-order valence-corrected chi connectivity index (χ4v) is 2.93. The summed E-state index contributed by atoms with van der Waals surface area (Å²) < 4.78 is 18.4. The van der Waals surface area contributed by atoms with Crippen LogP contribution in [0, 0.1) is 5.92 Å². The summed E-state index contributed by atoms with van der Waals surface area (Å²) in [6.07, 6.45) is 0.426. The van der Waals surface area contributed by atoms with Crippen molar-refractivity contribution in [2.24, 2.45) is 5.92 Å². The molecule has 4 rings (SSSR count). The highest BCUT2D eigenvalue weighted by molar-refractivity contribution is 5.90. The standard InChI is InChI=1S/C22H24N4O4/c1-4-20(27)23-16-6-8-17(9-7-16)26-21(24-22(25-26)28-12-14(2)3)15-5-10-18-19(11-15)30-13-29-18/h5-11,14H,4,12-13H2,1-3H3,(H,23,27). The first-order valence-corrected chi connectivity index (χ1v) is 9.93. The van der Waals surface area contributed by atoms with Crippen LogP contribution in [0.15, 0.2) is 42.5 Å². The molecule has 8 nitrogen and oxygen atoms in total. The third-order valence-corrected chi connectivity index (χ3v) is 4.48. The number of hydrogen-bond donors (Lipinski definition) is 1. The van der Waals surface area contributed by atoms with Gasteiger partial charge in [0.1, 0.15) is 0 Å². The molecule has 0 saturated carbocycles. The number of hydrogen-bond acceptors (Lipinski definition) is 6. The summed E-state index contributed by atoms with van der Waals surface area (Å²) in [4.78, 5) is 16.2. The molecule has 2 heterocycles. The van der Waals surface area contributed by atoms with E-state index in [9.17, 15) is 4.79 Å². The Labute approximate surface area is 174 Å². The zero-order chi connectivity index (χ0) is 21.1. The first-order valence-electron chi connectivity index (χ1n) is 9.93. The van der Waals surface area contributed by atoms with E-state index in [1.807, 2.05) is 49.4 Å². The highest BCUT2D eigenvalue weighted by Crippen LogP contribution is 2.36. The van der Waals surface area contributed by atoms with E-state index in [0.717, 1.165) is 16.9 Å². The lowest BCUT2D eigenvalue weighted by Crippen LogP contribution is -2.09. The molecule has 1 aliphatic heterocycles. The van der Waals surface area contributed by atoms with Crippen molar-refractivity contribution in [2.45, 2.75) is 27.2 Å². The van der Waals surface area contributed by atoms with Gasteiger partial charge < -0.3 is 19.5 Å². The summed E-state index contributed by atoms with van der Waals surface area (Å²) in [5, 5.41) is 7.40. The second kappa shape index (κ2) is 8.44. The Hall–Kier alpha value is -3.55. The molecule has 2 aromatic carbocycles. The highest BCUT2D eigenvalue weighted by atomic mass is 16.7. The zero-order valence-corrected chi connectivity index (χ0v) is 17.2.